The molecule has 4 nitrogen and oxygen atoms in total. The van der Waals surface area contributed by atoms with Gasteiger partial charge >= 0.3 is 36.5 Å². The number of nitrogens with zero attached hydrogens (tertiary/aromatic N) is 2. The molecule has 0 aliphatic rings. The summed E-state index contributed by atoms with van der Waals surface area (Å²) in [6, 6.07) is 0. The second-order valence-electron chi connectivity index (χ2n) is 0.0722. The van der Waals surface area contributed by atoms with Gasteiger partial charge in [0.2, 0.25) is 0 Å². The minimum absolute atomic E-state index is 0. The van der Waals surface area contributed by atoms with Crippen LogP contribution < -0.4 is 0 Å². The van der Waals surface area contributed by atoms with E-state index in [1.165, 1.54) is 4.79 Å². The number of hydrogen-bond acceptors (Lipinski definition) is 3. The molecular formula is C4FeN2NiO2-2. The van der Waals surface area contributed by atoms with Gasteiger partial charge in [0.15, 0.2) is 0 Å². The van der Waals surface area contributed by atoms with Crippen LogP contribution in [-0.4, -0.2) is 4.79 Å². The van der Waals surface area contributed by atoms with E-state index in [0.29, 0.717) is 0 Å². The van der Waals surface area contributed by atoms with Gasteiger partial charge in [0, 0.05) is 16.5 Å². The molecule has 0 atom stereocenters. The number of carbonyl (C=O) groups excluding carboxylic acids is 1. The molecule has 10 heavy (non-hydrogen) atoms. The molecule has 0 aliphatic carbocycles. The van der Waals surface area contributed by atoms with E-state index >= 15 is 0 Å². The van der Waals surface area contributed by atoms with Gasteiger partial charge in [0.1, 0.15) is 0 Å². The van der Waals surface area contributed by atoms with Crippen LogP contribution in [0.5, 0.6) is 0 Å². The van der Waals surface area contributed by atoms with Crippen molar-refractivity contribution in [1.29, 1.82) is 10.5 Å². The molecule has 0 aromatic heterocycles. The van der Waals surface area contributed by atoms with Gasteiger partial charge in [0.25, 0.3) is 0 Å². The monoisotopic (exact) mass is 222 g/mol. The Morgan fingerprint density at radius 3 is 1.20 bits per heavy atom. The van der Waals surface area contributed by atoms with Gasteiger partial charge in [-0.25, -0.2) is 0 Å². The Balaban J connectivity index is -0.0000000110. The maximum atomic E-state index is 8.57. The van der Waals surface area contributed by atoms with Crippen LogP contribution in [0.4, 0.5) is 0 Å². The van der Waals surface area contributed by atoms with Crippen LogP contribution in [-0.2, 0) is 41.5 Å². The van der Waals surface area contributed by atoms with Crippen molar-refractivity contribution in [2.75, 3.05) is 0 Å². The van der Waals surface area contributed by atoms with Crippen molar-refractivity contribution < 1.29 is 41.5 Å². The maximum absolute atomic E-state index is 8.57. The fourth-order valence-corrected chi connectivity index (χ4v) is 0. The summed E-state index contributed by atoms with van der Waals surface area (Å²) in [5.74, 6) is 0. The molecule has 0 unspecified atom stereocenters. The Morgan fingerprint density at radius 1 is 1.20 bits per heavy atom. The van der Waals surface area contributed by atoms with Gasteiger partial charge in [-0.15, -0.1) is 0 Å². The van der Waals surface area contributed by atoms with E-state index in [9.17, 15) is 0 Å². The third-order valence-electron chi connectivity index (χ3n) is 0. The quantitative estimate of drug-likeness (QED) is 0.322. The van der Waals surface area contributed by atoms with Crippen molar-refractivity contribution in [3.05, 3.63) is 19.8 Å². The van der Waals surface area contributed by atoms with Gasteiger partial charge in [-0.05, 0) is 0 Å². The van der Waals surface area contributed by atoms with Crippen LogP contribution >= 0.6 is 0 Å². The molecule has 0 bridgehead atoms. The van der Waals surface area contributed by atoms with Gasteiger partial charge in [0.05, 0.1) is 0 Å². The molecule has 58 valence electrons. The van der Waals surface area contributed by atoms with Crippen LogP contribution in [0.2, 0.25) is 0 Å². The average Bonchev–Trinajstić information content (AvgIpc) is 2.01. The first-order valence-electron chi connectivity index (χ1n) is 1.03. The van der Waals surface area contributed by atoms with Crippen LogP contribution in [0.1, 0.15) is 0 Å². The fraction of sp³-hybridized carbons (Fsp3) is 0. The van der Waals surface area contributed by atoms with E-state index in [4.69, 9.17) is 33.1 Å². The third-order valence-corrected chi connectivity index (χ3v) is 0. The fourth-order valence-electron chi connectivity index (χ4n) is 0. The maximum Gasteiger partial charge on any atom is 0 e. The van der Waals surface area contributed by atoms with E-state index in [1.54, 1.807) is 0 Å². The summed E-state index contributed by atoms with van der Waals surface area (Å²) in [7, 11) is 0. The van der Waals surface area contributed by atoms with Crippen molar-refractivity contribution in [3.63, 3.8) is 0 Å². The summed E-state index contributed by atoms with van der Waals surface area (Å²) in [5, 5.41) is 12.5. The molecule has 0 saturated carbocycles. The topological polar surface area (TPSA) is 84.6 Å². The average molecular weight is 223 g/mol. The van der Waals surface area contributed by atoms with Gasteiger partial charge in [-0.1, -0.05) is 0 Å². The molecule has 0 spiro atoms. The van der Waals surface area contributed by atoms with Crippen molar-refractivity contribution in [2.45, 2.75) is 0 Å². The number of rotatable bonds is 0. The zero-order valence-corrected chi connectivity index (χ0v) is 6.47. The number of hydrogen-bond donors (Lipinski definition) is 0. The Bertz CT molecular complexity index is 99.9. The normalized spacial score (nSPS) is 1.50. The van der Waals surface area contributed by atoms with Gasteiger partial charge in [-0.2, -0.15) is 0 Å². The summed E-state index contributed by atoms with van der Waals surface area (Å²) < 4.78 is 7.50. The second kappa shape index (κ2) is 4540. The zero-order chi connectivity index (χ0) is 8.71. The summed E-state index contributed by atoms with van der Waals surface area (Å²) in [4.78, 5) is 9.82. The molecule has 0 aliphatic heterocycles. The van der Waals surface area contributed by atoms with Gasteiger partial charge in [-0.3, -0.25) is 0 Å². The van der Waals surface area contributed by atoms with Crippen molar-refractivity contribution in [3.8, 4) is 0 Å². The summed E-state index contributed by atoms with van der Waals surface area (Å²) in [6.45, 7) is 14.0. The van der Waals surface area contributed by atoms with E-state index < -0.39 is 0 Å². The molecular weight excluding hydrogens is 223 g/mol. The van der Waals surface area contributed by atoms with Crippen molar-refractivity contribution >= 4 is 4.79 Å². The molecule has 0 N–H and O–H groups in total. The van der Waals surface area contributed by atoms with Crippen molar-refractivity contribution in [2.24, 2.45) is 0 Å². The molecule has 0 amide bonds. The van der Waals surface area contributed by atoms with E-state index in [0.717, 1.165) is 0 Å². The Morgan fingerprint density at radius 2 is 1.20 bits per heavy atom. The van der Waals surface area contributed by atoms with Crippen LogP contribution in [0.15, 0.2) is 0 Å². The largest absolute Gasteiger partial charge is 0 e. The summed E-state index contributed by atoms with van der Waals surface area (Å²) in [5.41, 5.74) is 0. The van der Waals surface area contributed by atoms with Crippen LogP contribution in [0.25, 0.3) is 0 Å². The second-order valence-corrected chi connectivity index (χ2v) is 0.298. The Labute approximate surface area is 76.8 Å². The molecule has 0 fully saturated rings. The van der Waals surface area contributed by atoms with Crippen LogP contribution in [0.3, 0.4) is 0 Å². The predicted octanol–water partition coefficient (Wildman–Crippen LogP) is -0.247. The smallest absolute Gasteiger partial charge is 0 e. The Hall–Kier alpha value is -0.687. The first kappa shape index (κ1) is 34.6. The molecule has 0 aromatic rings. The third kappa shape index (κ3) is 617. The van der Waals surface area contributed by atoms with E-state index in [-0.39, 0.29) is 16.5 Å². The molecule has 0 rings (SSSR count). The molecule has 0 aromatic carbocycles. The summed E-state index contributed by atoms with van der Waals surface area (Å²) >= 11 is 2.68. The standard InChI is InChI=1S/2CN.2CO.Fe.Ni/c4*1-2;;/q2*-1;;;;. The van der Waals surface area contributed by atoms with Crippen molar-refractivity contribution in [1.82, 2.24) is 0 Å². The Kier molecular flexibility index (Phi) is 15700. The molecule has 6 heteroatoms. The first-order chi connectivity index (χ1) is 4.41. The van der Waals surface area contributed by atoms with Crippen LogP contribution in [0, 0.1) is 30.3 Å². The SMILES string of the molecule is O=[C]=[Fe].[C-]#N.[C-]#N.[C-]#[O+].[Ni]. The predicted molar refractivity (Wildman–Crippen MR) is 19.6 cm³/mol. The van der Waals surface area contributed by atoms with E-state index in [1.807, 2.05) is 0 Å². The molecule has 0 saturated heterocycles. The minimum atomic E-state index is 0. The minimum Gasteiger partial charge on any atom is 0 e. The summed E-state index contributed by atoms with van der Waals surface area (Å²) in [6.07, 6.45) is 0. The first-order valence-corrected chi connectivity index (χ1v) is 1.58. The van der Waals surface area contributed by atoms with Gasteiger partial charge < -0.3 is 23.7 Å². The molecule has 0 heterocycles. The zero-order valence-electron chi connectivity index (χ0n) is 4.38. The molecule has 0 radical (unpaired) electrons. The van der Waals surface area contributed by atoms with E-state index in [2.05, 4.69) is 22.2 Å².